The van der Waals surface area contributed by atoms with Gasteiger partial charge in [0, 0.05) is 23.1 Å². The molecule has 0 radical (unpaired) electrons. The zero-order chi connectivity index (χ0) is 14.3. The first kappa shape index (κ1) is 16.5. The summed E-state index contributed by atoms with van der Waals surface area (Å²) in [5, 5.41) is 13.5. The maximum absolute atomic E-state index is 9.07. The third-order valence-electron chi connectivity index (χ3n) is 3.38. The van der Waals surface area contributed by atoms with Gasteiger partial charge in [-0.25, -0.2) is 0 Å². The second-order valence-electron chi connectivity index (χ2n) is 5.34. The van der Waals surface area contributed by atoms with Gasteiger partial charge in [0.05, 0.1) is 0 Å². The van der Waals surface area contributed by atoms with E-state index in [0.29, 0.717) is 22.5 Å². The molecule has 0 aliphatic heterocycles. The van der Waals surface area contributed by atoms with Gasteiger partial charge in [-0.1, -0.05) is 51.1 Å². The van der Waals surface area contributed by atoms with Gasteiger partial charge in [0.15, 0.2) is 0 Å². The van der Waals surface area contributed by atoms with Crippen molar-refractivity contribution in [1.82, 2.24) is 5.32 Å². The molecule has 0 heterocycles. The molecule has 3 unspecified atom stereocenters. The van der Waals surface area contributed by atoms with Crippen molar-refractivity contribution in [3.8, 4) is 0 Å². The molecule has 0 aliphatic rings. The van der Waals surface area contributed by atoms with Crippen LogP contribution in [0.1, 0.15) is 38.8 Å². The summed E-state index contributed by atoms with van der Waals surface area (Å²) in [6.07, 6.45) is 0.860. The van der Waals surface area contributed by atoms with Crippen LogP contribution in [-0.2, 0) is 0 Å². The van der Waals surface area contributed by atoms with Crippen LogP contribution in [0.25, 0.3) is 0 Å². The van der Waals surface area contributed by atoms with Crippen molar-refractivity contribution in [2.24, 2.45) is 5.92 Å². The fourth-order valence-electron chi connectivity index (χ4n) is 2.32. The first-order valence-electron chi connectivity index (χ1n) is 7.08. The van der Waals surface area contributed by atoms with Crippen LogP contribution in [0.15, 0.2) is 30.3 Å². The highest BCUT2D eigenvalue weighted by Gasteiger charge is 2.26. The van der Waals surface area contributed by atoms with E-state index in [0.717, 1.165) is 6.42 Å². The van der Waals surface area contributed by atoms with Crippen molar-refractivity contribution in [2.75, 3.05) is 13.7 Å². The van der Waals surface area contributed by atoms with Crippen LogP contribution >= 0.6 is 11.8 Å². The van der Waals surface area contributed by atoms with Crippen molar-refractivity contribution in [3.05, 3.63) is 35.9 Å². The van der Waals surface area contributed by atoms with E-state index in [1.807, 2.05) is 18.8 Å². The van der Waals surface area contributed by atoms with E-state index < -0.39 is 0 Å². The number of benzene rings is 1. The Balaban J connectivity index is 2.83. The quantitative estimate of drug-likeness (QED) is 0.765. The Labute approximate surface area is 122 Å². The van der Waals surface area contributed by atoms with Crippen LogP contribution in [0.2, 0.25) is 0 Å². The minimum Gasteiger partial charge on any atom is -0.396 e. The molecule has 0 aliphatic carbocycles. The summed E-state index contributed by atoms with van der Waals surface area (Å²) >= 11 is 1.98. The number of rotatable bonds is 8. The lowest BCUT2D eigenvalue weighted by molar-refractivity contribution is 0.288. The number of hydrogen-bond acceptors (Lipinski definition) is 3. The molecule has 1 aromatic carbocycles. The summed E-state index contributed by atoms with van der Waals surface area (Å²) < 4.78 is 0. The topological polar surface area (TPSA) is 32.3 Å². The van der Waals surface area contributed by atoms with Crippen LogP contribution in [0.4, 0.5) is 0 Å². The van der Waals surface area contributed by atoms with Crippen LogP contribution in [0.5, 0.6) is 0 Å². The molecule has 0 saturated carbocycles. The van der Waals surface area contributed by atoms with E-state index in [1.165, 1.54) is 5.56 Å². The monoisotopic (exact) mass is 281 g/mol. The second-order valence-corrected chi connectivity index (χ2v) is 6.97. The third kappa shape index (κ3) is 5.17. The molecule has 2 nitrogen and oxygen atoms in total. The van der Waals surface area contributed by atoms with Gasteiger partial charge >= 0.3 is 0 Å². The van der Waals surface area contributed by atoms with Crippen molar-refractivity contribution in [2.45, 2.75) is 43.7 Å². The molecular formula is C16H27NOS. The van der Waals surface area contributed by atoms with E-state index in [9.17, 15) is 0 Å². The summed E-state index contributed by atoms with van der Waals surface area (Å²) in [6, 6.07) is 11.0. The fourth-order valence-corrected chi connectivity index (χ4v) is 3.86. The predicted molar refractivity (Wildman–Crippen MR) is 85.6 cm³/mol. The standard InChI is InChI=1S/C16H27NOS/c1-12(2)16(19-13(3)10-11-18)15(17-4)14-8-6-5-7-9-14/h5-9,12-13,15-18H,10-11H2,1-4H3. The van der Waals surface area contributed by atoms with Crippen LogP contribution in [0.3, 0.4) is 0 Å². The summed E-state index contributed by atoms with van der Waals surface area (Å²) in [5.74, 6) is 0.587. The van der Waals surface area contributed by atoms with E-state index in [4.69, 9.17) is 5.11 Å². The summed E-state index contributed by atoms with van der Waals surface area (Å²) in [6.45, 7) is 7.02. The highest BCUT2D eigenvalue weighted by Crippen LogP contribution is 2.35. The van der Waals surface area contributed by atoms with E-state index >= 15 is 0 Å². The van der Waals surface area contributed by atoms with E-state index in [2.05, 4.69) is 56.4 Å². The van der Waals surface area contributed by atoms with Crippen LogP contribution in [0, 0.1) is 5.92 Å². The number of hydrogen-bond donors (Lipinski definition) is 2. The van der Waals surface area contributed by atoms with Gasteiger partial charge in [0.1, 0.15) is 0 Å². The van der Waals surface area contributed by atoms with Gasteiger partial charge in [-0.05, 0) is 24.9 Å². The molecule has 0 fully saturated rings. The maximum Gasteiger partial charge on any atom is 0.0441 e. The molecule has 1 aromatic rings. The molecule has 3 atom stereocenters. The predicted octanol–water partition coefficient (Wildman–Crippen LogP) is 3.48. The normalized spacial score (nSPS) is 16.3. The fraction of sp³-hybridized carbons (Fsp3) is 0.625. The molecule has 0 saturated heterocycles. The SMILES string of the molecule is CNC(c1ccccc1)C(SC(C)CCO)C(C)C. The Morgan fingerprint density at radius 2 is 1.79 bits per heavy atom. The van der Waals surface area contributed by atoms with Crippen LogP contribution in [-0.4, -0.2) is 29.3 Å². The van der Waals surface area contributed by atoms with Crippen molar-refractivity contribution < 1.29 is 5.11 Å². The molecule has 0 spiro atoms. The second kappa shape index (κ2) is 8.62. The molecule has 19 heavy (non-hydrogen) atoms. The molecule has 108 valence electrons. The number of nitrogens with one attached hydrogen (secondary N) is 1. The molecule has 0 aromatic heterocycles. The first-order chi connectivity index (χ1) is 9.10. The van der Waals surface area contributed by atoms with Crippen LogP contribution < -0.4 is 5.32 Å². The molecular weight excluding hydrogens is 254 g/mol. The van der Waals surface area contributed by atoms with Crippen molar-refractivity contribution in [3.63, 3.8) is 0 Å². The lowest BCUT2D eigenvalue weighted by Gasteiger charge is -2.32. The Bertz CT molecular complexity index is 342. The summed E-state index contributed by atoms with van der Waals surface area (Å²) in [5.41, 5.74) is 1.34. The highest BCUT2D eigenvalue weighted by atomic mass is 32.2. The average Bonchev–Trinajstić information content (AvgIpc) is 2.40. The average molecular weight is 281 g/mol. The summed E-state index contributed by atoms with van der Waals surface area (Å²) in [7, 11) is 2.03. The van der Waals surface area contributed by atoms with Crippen molar-refractivity contribution in [1.29, 1.82) is 0 Å². The number of aliphatic hydroxyl groups excluding tert-OH is 1. The molecule has 0 amide bonds. The molecule has 3 heteroatoms. The van der Waals surface area contributed by atoms with E-state index in [1.54, 1.807) is 0 Å². The lowest BCUT2D eigenvalue weighted by atomic mass is 9.96. The van der Waals surface area contributed by atoms with Gasteiger partial charge in [0.2, 0.25) is 0 Å². The van der Waals surface area contributed by atoms with Gasteiger partial charge in [-0.3, -0.25) is 0 Å². The Morgan fingerprint density at radius 1 is 1.16 bits per heavy atom. The van der Waals surface area contributed by atoms with Gasteiger partial charge in [-0.15, -0.1) is 0 Å². The Hall–Kier alpha value is -0.510. The molecule has 2 N–H and O–H groups in total. The Kier molecular flexibility index (Phi) is 7.51. The number of aliphatic hydroxyl groups is 1. The van der Waals surface area contributed by atoms with Gasteiger partial charge < -0.3 is 10.4 Å². The third-order valence-corrected chi connectivity index (χ3v) is 5.21. The lowest BCUT2D eigenvalue weighted by Crippen LogP contribution is -2.32. The minimum atomic E-state index is 0.272. The smallest absolute Gasteiger partial charge is 0.0441 e. The highest BCUT2D eigenvalue weighted by molar-refractivity contribution is 8.00. The first-order valence-corrected chi connectivity index (χ1v) is 8.03. The molecule has 1 rings (SSSR count). The van der Waals surface area contributed by atoms with E-state index in [-0.39, 0.29) is 6.61 Å². The largest absolute Gasteiger partial charge is 0.396 e. The minimum absolute atomic E-state index is 0.272. The van der Waals surface area contributed by atoms with Gasteiger partial charge in [-0.2, -0.15) is 11.8 Å². The molecule has 0 bridgehead atoms. The number of thioether (sulfide) groups is 1. The summed E-state index contributed by atoms with van der Waals surface area (Å²) in [4.78, 5) is 0. The van der Waals surface area contributed by atoms with Gasteiger partial charge in [0.25, 0.3) is 0 Å². The Morgan fingerprint density at radius 3 is 2.26 bits per heavy atom. The zero-order valence-corrected chi connectivity index (χ0v) is 13.3. The zero-order valence-electron chi connectivity index (χ0n) is 12.5. The maximum atomic E-state index is 9.07. The van der Waals surface area contributed by atoms with Crippen molar-refractivity contribution >= 4 is 11.8 Å².